The number of hydrogen-bond donors (Lipinski definition) is 5. The molecule has 0 spiro atoms. The summed E-state index contributed by atoms with van der Waals surface area (Å²) in [6.45, 7) is 0.932. The first-order chi connectivity index (χ1) is 19.3. The van der Waals surface area contributed by atoms with E-state index in [9.17, 15) is 34.8 Å². The Morgan fingerprint density at radius 1 is 0.700 bits per heavy atom. The number of amides is 3. The van der Waals surface area contributed by atoms with Gasteiger partial charge in [0.1, 0.15) is 0 Å². The van der Waals surface area contributed by atoms with Crippen molar-refractivity contribution in [3.05, 3.63) is 64.7 Å². The fourth-order valence-electron chi connectivity index (χ4n) is 5.13. The number of rotatable bonds is 13. The van der Waals surface area contributed by atoms with Crippen LogP contribution in [-0.4, -0.2) is 101 Å². The van der Waals surface area contributed by atoms with Crippen LogP contribution in [0.2, 0.25) is 0 Å². The molecule has 2 aromatic carbocycles. The number of nitrogens with zero attached hydrogens (tertiary/aromatic N) is 2. The van der Waals surface area contributed by atoms with Gasteiger partial charge in [-0.3, -0.25) is 14.4 Å². The van der Waals surface area contributed by atoms with E-state index in [0.717, 1.165) is 18.8 Å². The summed E-state index contributed by atoms with van der Waals surface area (Å²) in [5.74, 6) is -0.229. The highest BCUT2D eigenvalue weighted by Crippen LogP contribution is 2.35. The first kappa shape index (κ1) is 31.2. The lowest BCUT2D eigenvalue weighted by atomic mass is 9.79. The standard InChI is InChI=1S/C30H41N3O7/c1-21-2-4-22(5-3-21)23-6-8-24(9-7-23)28(38)31-27-19-25(29(39)32(10-14-34)11-15-35)18-26(20-27)30(40)33(12-16-36)13-17-37/h6-9,18-22,34-37H,2-5,10-17H2,1H3,(H,31,38). The normalized spacial score (nSPS) is 16.8. The minimum Gasteiger partial charge on any atom is -0.395 e. The third-order valence-electron chi connectivity index (χ3n) is 7.40. The van der Waals surface area contributed by atoms with E-state index >= 15 is 0 Å². The van der Waals surface area contributed by atoms with Gasteiger partial charge in [0.2, 0.25) is 0 Å². The van der Waals surface area contributed by atoms with Crippen molar-refractivity contribution in [2.24, 2.45) is 5.92 Å². The van der Waals surface area contributed by atoms with E-state index < -0.39 is 17.7 Å². The topological polar surface area (TPSA) is 151 Å². The molecular weight excluding hydrogens is 514 g/mol. The summed E-state index contributed by atoms with van der Waals surface area (Å²) < 4.78 is 0. The molecule has 5 N–H and O–H groups in total. The minimum atomic E-state index is -0.532. The molecule has 1 fully saturated rings. The van der Waals surface area contributed by atoms with Crippen LogP contribution >= 0.6 is 0 Å². The van der Waals surface area contributed by atoms with E-state index in [1.807, 2.05) is 12.1 Å². The van der Waals surface area contributed by atoms with Crippen LogP contribution in [0.1, 0.15) is 75.2 Å². The second-order valence-electron chi connectivity index (χ2n) is 10.3. The first-order valence-corrected chi connectivity index (χ1v) is 13.9. The van der Waals surface area contributed by atoms with Gasteiger partial charge in [-0.1, -0.05) is 31.9 Å². The average Bonchev–Trinajstić information content (AvgIpc) is 2.96. The van der Waals surface area contributed by atoms with Gasteiger partial charge in [0.05, 0.1) is 26.4 Å². The van der Waals surface area contributed by atoms with Crippen molar-refractivity contribution < 1.29 is 34.8 Å². The molecule has 10 heteroatoms. The minimum absolute atomic E-state index is 0.0212. The molecule has 218 valence electrons. The Morgan fingerprint density at radius 2 is 1.15 bits per heavy atom. The van der Waals surface area contributed by atoms with Crippen molar-refractivity contribution in [2.45, 2.75) is 38.5 Å². The van der Waals surface area contributed by atoms with Crippen molar-refractivity contribution >= 4 is 23.4 Å². The van der Waals surface area contributed by atoms with Gasteiger partial charge in [-0.05, 0) is 60.6 Å². The molecule has 1 saturated carbocycles. The predicted octanol–water partition coefficient (Wildman–Crippen LogP) is 2.09. The van der Waals surface area contributed by atoms with E-state index in [-0.39, 0.29) is 69.4 Å². The fraction of sp³-hybridized carbons (Fsp3) is 0.500. The van der Waals surface area contributed by atoms with Crippen LogP contribution in [0.25, 0.3) is 0 Å². The van der Waals surface area contributed by atoms with Crippen molar-refractivity contribution in [3.8, 4) is 0 Å². The predicted molar refractivity (Wildman–Crippen MR) is 151 cm³/mol. The Morgan fingerprint density at radius 3 is 1.57 bits per heavy atom. The number of nitrogens with one attached hydrogen (secondary N) is 1. The van der Waals surface area contributed by atoms with Crippen molar-refractivity contribution in [1.29, 1.82) is 0 Å². The van der Waals surface area contributed by atoms with Gasteiger partial charge in [0.15, 0.2) is 0 Å². The third-order valence-corrected chi connectivity index (χ3v) is 7.40. The zero-order valence-corrected chi connectivity index (χ0v) is 23.1. The monoisotopic (exact) mass is 555 g/mol. The molecule has 40 heavy (non-hydrogen) atoms. The molecule has 1 aliphatic carbocycles. The molecule has 1 aliphatic rings. The molecule has 2 aromatic rings. The van der Waals surface area contributed by atoms with E-state index in [0.29, 0.717) is 11.5 Å². The highest BCUT2D eigenvalue weighted by atomic mass is 16.3. The number of hydrogen-bond acceptors (Lipinski definition) is 7. The van der Waals surface area contributed by atoms with Gasteiger partial charge in [-0.15, -0.1) is 0 Å². The Labute approximate surface area is 235 Å². The maximum Gasteiger partial charge on any atom is 0.255 e. The average molecular weight is 556 g/mol. The van der Waals surface area contributed by atoms with Crippen LogP contribution in [0, 0.1) is 5.92 Å². The Balaban J connectivity index is 1.88. The van der Waals surface area contributed by atoms with Gasteiger partial charge in [0, 0.05) is 48.6 Å². The lowest BCUT2D eigenvalue weighted by Gasteiger charge is -2.26. The summed E-state index contributed by atoms with van der Waals surface area (Å²) in [4.78, 5) is 42.1. The molecule has 3 amide bonds. The van der Waals surface area contributed by atoms with Crippen LogP contribution in [0.15, 0.2) is 42.5 Å². The molecule has 0 saturated heterocycles. The number of aliphatic hydroxyl groups is 4. The summed E-state index contributed by atoms with van der Waals surface area (Å²) >= 11 is 0. The molecule has 3 rings (SSSR count). The second-order valence-corrected chi connectivity index (χ2v) is 10.3. The van der Waals surface area contributed by atoms with E-state index in [1.165, 1.54) is 46.4 Å². The summed E-state index contributed by atoms with van der Waals surface area (Å²) in [6, 6.07) is 11.8. The highest BCUT2D eigenvalue weighted by Gasteiger charge is 2.23. The molecule has 0 radical (unpaired) electrons. The van der Waals surface area contributed by atoms with Gasteiger partial charge in [-0.25, -0.2) is 0 Å². The Bertz CT molecular complexity index is 1070. The first-order valence-electron chi connectivity index (χ1n) is 13.9. The van der Waals surface area contributed by atoms with Crippen molar-refractivity contribution in [3.63, 3.8) is 0 Å². The van der Waals surface area contributed by atoms with Crippen LogP contribution in [0.5, 0.6) is 0 Å². The molecule has 0 bridgehead atoms. The number of carbonyl (C=O) groups excluding carboxylic acids is 3. The highest BCUT2D eigenvalue weighted by molar-refractivity contribution is 6.07. The number of carbonyl (C=O) groups is 3. The summed E-state index contributed by atoms with van der Waals surface area (Å²) in [7, 11) is 0. The lowest BCUT2D eigenvalue weighted by Crippen LogP contribution is -2.37. The maximum absolute atomic E-state index is 13.2. The molecule has 0 unspecified atom stereocenters. The van der Waals surface area contributed by atoms with Gasteiger partial charge >= 0.3 is 0 Å². The van der Waals surface area contributed by atoms with Crippen LogP contribution in [-0.2, 0) is 0 Å². The van der Waals surface area contributed by atoms with E-state index in [1.54, 1.807) is 12.1 Å². The number of anilines is 1. The molecule has 0 atom stereocenters. The zero-order chi connectivity index (χ0) is 29.1. The quantitative estimate of drug-likeness (QED) is 0.254. The smallest absolute Gasteiger partial charge is 0.255 e. The molecular formula is C30H41N3O7. The summed E-state index contributed by atoms with van der Waals surface area (Å²) in [5, 5.41) is 40.2. The van der Waals surface area contributed by atoms with Crippen molar-refractivity contribution in [2.75, 3.05) is 57.9 Å². The molecule has 0 heterocycles. The van der Waals surface area contributed by atoms with Gasteiger partial charge in [-0.2, -0.15) is 0 Å². The zero-order valence-electron chi connectivity index (χ0n) is 23.1. The lowest BCUT2D eigenvalue weighted by molar-refractivity contribution is 0.0680. The summed E-state index contributed by atoms with van der Waals surface area (Å²) in [5.41, 5.74) is 2.02. The largest absolute Gasteiger partial charge is 0.395 e. The number of aliphatic hydroxyl groups excluding tert-OH is 4. The van der Waals surface area contributed by atoms with Crippen molar-refractivity contribution in [1.82, 2.24) is 9.80 Å². The SMILES string of the molecule is CC1CCC(c2ccc(C(=O)Nc3cc(C(=O)N(CCO)CCO)cc(C(=O)N(CCO)CCO)c3)cc2)CC1. The number of benzene rings is 2. The molecule has 10 nitrogen and oxygen atoms in total. The fourth-order valence-corrected chi connectivity index (χ4v) is 5.13. The van der Waals surface area contributed by atoms with E-state index in [2.05, 4.69) is 12.2 Å². The van der Waals surface area contributed by atoms with E-state index in [4.69, 9.17) is 0 Å². The van der Waals surface area contributed by atoms with Gasteiger partial charge < -0.3 is 35.5 Å². The molecule has 0 aliphatic heterocycles. The van der Waals surface area contributed by atoms with Gasteiger partial charge in [0.25, 0.3) is 17.7 Å². The summed E-state index contributed by atoms with van der Waals surface area (Å²) in [6.07, 6.45) is 4.67. The van der Waals surface area contributed by atoms with Crippen LogP contribution in [0.3, 0.4) is 0 Å². The Hall–Kier alpha value is -3.31. The third kappa shape index (κ3) is 8.34. The second kappa shape index (κ2) is 15.5. The van der Waals surface area contributed by atoms with Crippen LogP contribution < -0.4 is 5.32 Å². The van der Waals surface area contributed by atoms with Crippen LogP contribution in [0.4, 0.5) is 5.69 Å². The Kier molecular flexibility index (Phi) is 12.1. The maximum atomic E-state index is 13.2. The molecule has 0 aromatic heterocycles.